The first-order valence-electron chi connectivity index (χ1n) is 6.40. The number of hydrogen-bond donors (Lipinski definition) is 0. The number of rotatable bonds is 4. The van der Waals surface area contributed by atoms with Crippen molar-refractivity contribution in [3.8, 4) is 0 Å². The van der Waals surface area contributed by atoms with Gasteiger partial charge in [0.1, 0.15) is 12.4 Å². The molecule has 2 rings (SSSR count). The van der Waals surface area contributed by atoms with Crippen LogP contribution in [0.4, 0.5) is 4.39 Å². The topological polar surface area (TPSA) is 42.3 Å². The van der Waals surface area contributed by atoms with E-state index in [0.717, 1.165) is 4.47 Å². The fourth-order valence-electron chi connectivity index (χ4n) is 1.90. The summed E-state index contributed by atoms with van der Waals surface area (Å²) in [7, 11) is 1.58. The quantitative estimate of drug-likeness (QED) is 0.746. The zero-order chi connectivity index (χ0) is 16.3. The van der Waals surface area contributed by atoms with Gasteiger partial charge in [-0.2, -0.15) is 0 Å². The Morgan fingerprint density at radius 2 is 1.91 bits per heavy atom. The van der Waals surface area contributed by atoms with Gasteiger partial charge in [0.15, 0.2) is 0 Å². The van der Waals surface area contributed by atoms with Crippen molar-refractivity contribution in [2.24, 2.45) is 0 Å². The average molecular weight is 432 g/mol. The summed E-state index contributed by atoms with van der Waals surface area (Å²) in [5.41, 5.74) is 0.144. The van der Waals surface area contributed by atoms with Crippen LogP contribution in [0.1, 0.15) is 5.56 Å². The Hall–Kier alpha value is -1.47. The smallest absolute Gasteiger partial charge is 0.251 e. The Morgan fingerprint density at radius 3 is 2.64 bits per heavy atom. The highest BCUT2D eigenvalue weighted by Gasteiger charge is 2.13. The third-order valence-corrected chi connectivity index (χ3v) is 4.06. The molecular weight excluding hydrogens is 419 g/mol. The van der Waals surface area contributed by atoms with Gasteiger partial charge in [0.05, 0.1) is 0 Å². The molecule has 0 unspecified atom stereocenters. The lowest BCUT2D eigenvalue weighted by Gasteiger charge is -2.18. The first kappa shape index (κ1) is 16.9. The van der Waals surface area contributed by atoms with Crippen LogP contribution in [0.15, 0.2) is 50.3 Å². The normalized spacial score (nSPS) is 10.5. The molecular formula is C15H13Br2FN2O2. The second kappa shape index (κ2) is 7.19. The molecule has 0 aliphatic carbocycles. The summed E-state index contributed by atoms with van der Waals surface area (Å²) in [6.07, 6.45) is 1.55. The molecule has 0 saturated carbocycles. The molecule has 0 N–H and O–H groups in total. The van der Waals surface area contributed by atoms with Crippen molar-refractivity contribution in [1.29, 1.82) is 0 Å². The van der Waals surface area contributed by atoms with Gasteiger partial charge in [0.2, 0.25) is 5.91 Å². The van der Waals surface area contributed by atoms with Crippen LogP contribution in [-0.4, -0.2) is 22.4 Å². The highest BCUT2D eigenvalue weighted by molar-refractivity contribution is 9.10. The Morgan fingerprint density at radius 1 is 1.23 bits per heavy atom. The van der Waals surface area contributed by atoms with Crippen LogP contribution in [0.5, 0.6) is 0 Å². The molecule has 4 nitrogen and oxygen atoms in total. The number of aromatic nitrogens is 1. The van der Waals surface area contributed by atoms with Crippen LogP contribution in [-0.2, 0) is 17.9 Å². The number of halogens is 3. The molecule has 22 heavy (non-hydrogen) atoms. The molecule has 0 bridgehead atoms. The van der Waals surface area contributed by atoms with Gasteiger partial charge in [-0.25, -0.2) is 4.39 Å². The maximum atomic E-state index is 13.7. The summed E-state index contributed by atoms with van der Waals surface area (Å²) < 4.78 is 16.5. The first-order valence-corrected chi connectivity index (χ1v) is 7.99. The van der Waals surface area contributed by atoms with Crippen molar-refractivity contribution in [2.45, 2.75) is 13.1 Å². The lowest BCUT2D eigenvalue weighted by atomic mass is 10.2. The Labute approximate surface area is 143 Å². The summed E-state index contributed by atoms with van der Waals surface area (Å²) in [4.78, 5) is 25.3. The monoisotopic (exact) mass is 430 g/mol. The van der Waals surface area contributed by atoms with Crippen molar-refractivity contribution in [2.75, 3.05) is 7.05 Å². The number of pyridine rings is 1. The average Bonchev–Trinajstić information content (AvgIpc) is 2.46. The van der Waals surface area contributed by atoms with Crippen molar-refractivity contribution in [3.63, 3.8) is 0 Å². The van der Waals surface area contributed by atoms with E-state index >= 15 is 0 Å². The lowest BCUT2D eigenvalue weighted by molar-refractivity contribution is -0.131. The number of nitrogens with zero attached hydrogens (tertiary/aromatic N) is 2. The van der Waals surface area contributed by atoms with Crippen LogP contribution in [0.25, 0.3) is 0 Å². The Kier molecular flexibility index (Phi) is 5.52. The van der Waals surface area contributed by atoms with Crippen LogP contribution in [0, 0.1) is 5.82 Å². The predicted octanol–water partition coefficient (Wildman–Crippen LogP) is 3.17. The predicted molar refractivity (Wildman–Crippen MR) is 89.0 cm³/mol. The third-order valence-electron chi connectivity index (χ3n) is 3.09. The largest absolute Gasteiger partial charge is 0.340 e. The zero-order valence-corrected chi connectivity index (χ0v) is 14.9. The number of benzene rings is 1. The minimum absolute atomic E-state index is 0.0929. The van der Waals surface area contributed by atoms with E-state index in [1.165, 1.54) is 21.6 Å². The van der Waals surface area contributed by atoms with E-state index in [0.29, 0.717) is 10.0 Å². The SMILES string of the molecule is CN(Cc1cc(Br)ccc1F)C(=O)Cn1cc(Br)ccc1=O. The molecule has 2 aromatic rings. The van der Waals surface area contributed by atoms with Crippen molar-refractivity contribution >= 4 is 37.8 Å². The minimum Gasteiger partial charge on any atom is -0.340 e. The van der Waals surface area contributed by atoms with E-state index in [-0.39, 0.29) is 30.4 Å². The standard InChI is InChI=1S/C15H13Br2FN2O2/c1-19(7-10-6-11(16)2-4-13(10)18)15(22)9-20-8-12(17)3-5-14(20)21/h2-6,8H,7,9H2,1H3. The highest BCUT2D eigenvalue weighted by Crippen LogP contribution is 2.17. The third kappa shape index (κ3) is 4.27. The lowest BCUT2D eigenvalue weighted by Crippen LogP contribution is -2.33. The fraction of sp³-hybridized carbons (Fsp3) is 0.200. The number of carbonyl (C=O) groups excluding carboxylic acids is 1. The molecule has 0 spiro atoms. The molecule has 0 atom stereocenters. The summed E-state index contributed by atoms with van der Waals surface area (Å²) >= 11 is 6.53. The maximum Gasteiger partial charge on any atom is 0.251 e. The van der Waals surface area contributed by atoms with E-state index in [4.69, 9.17) is 0 Å². The van der Waals surface area contributed by atoms with Crippen LogP contribution in [0.2, 0.25) is 0 Å². The summed E-state index contributed by atoms with van der Waals surface area (Å²) in [5, 5.41) is 0. The number of carbonyl (C=O) groups is 1. The molecule has 0 radical (unpaired) electrons. The van der Waals surface area contributed by atoms with Gasteiger partial charge in [-0.05, 0) is 40.2 Å². The molecule has 0 aliphatic heterocycles. The molecule has 1 amide bonds. The van der Waals surface area contributed by atoms with Crippen LogP contribution in [0.3, 0.4) is 0 Å². The van der Waals surface area contributed by atoms with E-state index in [1.807, 2.05) is 0 Å². The van der Waals surface area contributed by atoms with Gasteiger partial charge >= 0.3 is 0 Å². The van der Waals surface area contributed by atoms with Crippen molar-refractivity contribution < 1.29 is 9.18 Å². The number of amides is 1. The van der Waals surface area contributed by atoms with Gasteiger partial charge in [0.25, 0.3) is 5.56 Å². The summed E-state index contributed by atoms with van der Waals surface area (Å²) in [6, 6.07) is 7.57. The number of likely N-dealkylation sites (N-methyl/N-ethyl adjacent to an activating group) is 1. The maximum absolute atomic E-state index is 13.7. The summed E-state index contributed by atoms with van der Waals surface area (Å²) in [6.45, 7) is 0.0389. The Bertz CT molecular complexity index is 761. The van der Waals surface area contributed by atoms with Gasteiger partial charge < -0.3 is 9.47 Å². The van der Waals surface area contributed by atoms with Gasteiger partial charge in [-0.15, -0.1) is 0 Å². The molecule has 116 valence electrons. The molecule has 0 saturated heterocycles. The number of hydrogen-bond acceptors (Lipinski definition) is 2. The van der Waals surface area contributed by atoms with E-state index in [1.54, 1.807) is 31.4 Å². The molecule has 0 fully saturated rings. The summed E-state index contributed by atoms with van der Waals surface area (Å²) in [5.74, 6) is -0.651. The molecule has 1 aromatic carbocycles. The fourth-order valence-corrected chi connectivity index (χ4v) is 2.69. The second-order valence-corrected chi connectivity index (χ2v) is 6.63. The molecule has 1 heterocycles. The van der Waals surface area contributed by atoms with Crippen molar-refractivity contribution in [3.05, 3.63) is 67.2 Å². The van der Waals surface area contributed by atoms with Crippen LogP contribution < -0.4 is 5.56 Å². The van der Waals surface area contributed by atoms with E-state index in [9.17, 15) is 14.0 Å². The molecule has 7 heteroatoms. The minimum atomic E-state index is -0.373. The highest BCUT2D eigenvalue weighted by atomic mass is 79.9. The zero-order valence-electron chi connectivity index (χ0n) is 11.7. The van der Waals surface area contributed by atoms with Gasteiger partial charge in [0, 0.05) is 40.4 Å². The Balaban J connectivity index is 2.11. The first-order chi connectivity index (χ1) is 10.4. The molecule has 0 aliphatic rings. The van der Waals surface area contributed by atoms with Gasteiger partial charge in [-0.3, -0.25) is 9.59 Å². The molecule has 1 aromatic heterocycles. The van der Waals surface area contributed by atoms with Crippen molar-refractivity contribution in [1.82, 2.24) is 9.47 Å². The van der Waals surface area contributed by atoms with E-state index < -0.39 is 0 Å². The van der Waals surface area contributed by atoms with E-state index in [2.05, 4.69) is 31.9 Å². The van der Waals surface area contributed by atoms with Gasteiger partial charge in [-0.1, -0.05) is 15.9 Å². The second-order valence-electron chi connectivity index (χ2n) is 4.80. The van der Waals surface area contributed by atoms with Crippen LogP contribution >= 0.6 is 31.9 Å².